The van der Waals surface area contributed by atoms with Crippen molar-refractivity contribution in [2.75, 3.05) is 40.3 Å². The number of likely N-dealkylation sites (N-methyl/N-ethyl adjacent to an activating group) is 1. The van der Waals surface area contributed by atoms with E-state index in [1.165, 1.54) is 6.20 Å². The van der Waals surface area contributed by atoms with Crippen LogP contribution in [0.5, 0.6) is 0 Å². The number of rotatable bonds is 10. The van der Waals surface area contributed by atoms with Gasteiger partial charge in [0.05, 0.1) is 6.20 Å². The Morgan fingerprint density at radius 1 is 1.40 bits per heavy atom. The normalized spacial score (nSPS) is 12.2. The summed E-state index contributed by atoms with van der Waals surface area (Å²) < 4.78 is 28.3. The highest BCUT2D eigenvalue weighted by molar-refractivity contribution is 7.89. The van der Waals surface area contributed by atoms with Gasteiger partial charge in [0.2, 0.25) is 10.0 Å². The molecule has 0 amide bonds. The quantitative estimate of drug-likeness (QED) is 0.581. The van der Waals surface area contributed by atoms with E-state index in [9.17, 15) is 8.42 Å². The first-order valence-corrected chi connectivity index (χ1v) is 8.33. The lowest BCUT2D eigenvalue weighted by Crippen LogP contribution is -2.32. The summed E-state index contributed by atoms with van der Waals surface area (Å²) in [5.74, 6) is 0. The third-order valence-electron chi connectivity index (χ3n) is 3.06. The van der Waals surface area contributed by atoms with E-state index in [1.807, 2.05) is 25.9 Å². The van der Waals surface area contributed by atoms with Gasteiger partial charge in [0, 0.05) is 25.8 Å². The molecule has 116 valence electrons. The van der Waals surface area contributed by atoms with Crippen molar-refractivity contribution in [2.45, 2.75) is 24.8 Å². The SMILES string of the molecule is CCN(C)CCNS(=O)(=O)c1cnn(CCCNC)c1. The van der Waals surface area contributed by atoms with Crippen LogP contribution in [0, 0.1) is 0 Å². The Labute approximate surface area is 121 Å². The van der Waals surface area contributed by atoms with Gasteiger partial charge in [-0.05, 0) is 33.6 Å². The van der Waals surface area contributed by atoms with Crippen LogP contribution in [0.3, 0.4) is 0 Å². The molecule has 0 unspecified atom stereocenters. The molecule has 0 aliphatic rings. The second kappa shape index (κ2) is 8.35. The van der Waals surface area contributed by atoms with E-state index >= 15 is 0 Å². The number of hydrogen-bond donors (Lipinski definition) is 2. The lowest BCUT2D eigenvalue weighted by atomic mass is 10.4. The van der Waals surface area contributed by atoms with Crippen LogP contribution in [0.25, 0.3) is 0 Å². The Kier molecular flexibility index (Phi) is 7.14. The van der Waals surface area contributed by atoms with Gasteiger partial charge in [0.25, 0.3) is 0 Å². The van der Waals surface area contributed by atoms with E-state index in [1.54, 1.807) is 10.9 Å². The Balaban J connectivity index is 2.50. The first-order valence-electron chi connectivity index (χ1n) is 6.85. The molecule has 2 N–H and O–H groups in total. The summed E-state index contributed by atoms with van der Waals surface area (Å²) in [4.78, 5) is 2.27. The predicted octanol–water partition coefficient (Wildman–Crippen LogP) is -0.277. The summed E-state index contributed by atoms with van der Waals surface area (Å²) in [6.07, 6.45) is 3.87. The standard InChI is InChI=1S/C12H25N5O2S/c1-4-16(3)9-7-15-20(18,19)12-10-14-17(11-12)8-5-6-13-2/h10-11,13,15H,4-9H2,1-3H3. The lowest BCUT2D eigenvalue weighted by Gasteiger charge is -2.13. The summed E-state index contributed by atoms with van der Waals surface area (Å²) >= 11 is 0. The molecule has 0 aliphatic carbocycles. The van der Waals surface area contributed by atoms with Gasteiger partial charge >= 0.3 is 0 Å². The minimum Gasteiger partial charge on any atom is -0.320 e. The van der Waals surface area contributed by atoms with E-state index in [0.29, 0.717) is 19.6 Å². The van der Waals surface area contributed by atoms with Gasteiger partial charge in [-0.2, -0.15) is 5.10 Å². The van der Waals surface area contributed by atoms with E-state index in [4.69, 9.17) is 0 Å². The van der Waals surface area contributed by atoms with Gasteiger partial charge in [-0.3, -0.25) is 4.68 Å². The van der Waals surface area contributed by atoms with Gasteiger partial charge in [0.1, 0.15) is 4.90 Å². The molecule has 0 fully saturated rings. The molecule has 0 radical (unpaired) electrons. The fraction of sp³-hybridized carbons (Fsp3) is 0.750. The third-order valence-corrected chi connectivity index (χ3v) is 4.47. The number of nitrogens with one attached hydrogen (secondary N) is 2. The minimum atomic E-state index is -3.45. The van der Waals surface area contributed by atoms with Crippen LogP contribution >= 0.6 is 0 Å². The Hall–Kier alpha value is -0.960. The maximum Gasteiger partial charge on any atom is 0.243 e. The second-order valence-corrected chi connectivity index (χ2v) is 6.46. The average molecular weight is 303 g/mol. The predicted molar refractivity (Wildman–Crippen MR) is 79.1 cm³/mol. The molecule has 0 atom stereocenters. The topological polar surface area (TPSA) is 79.3 Å². The first kappa shape index (κ1) is 17.1. The summed E-state index contributed by atoms with van der Waals surface area (Å²) in [5, 5.41) is 7.12. The van der Waals surface area contributed by atoms with Crippen LogP contribution in [0.15, 0.2) is 17.3 Å². The van der Waals surface area contributed by atoms with Crippen LogP contribution in [-0.2, 0) is 16.6 Å². The Morgan fingerprint density at radius 3 is 2.80 bits per heavy atom. The lowest BCUT2D eigenvalue weighted by molar-refractivity contribution is 0.358. The highest BCUT2D eigenvalue weighted by Crippen LogP contribution is 2.06. The molecule has 20 heavy (non-hydrogen) atoms. The molecule has 0 aromatic carbocycles. The van der Waals surface area contributed by atoms with Crippen molar-refractivity contribution in [3.8, 4) is 0 Å². The van der Waals surface area contributed by atoms with Crippen LogP contribution in [0.4, 0.5) is 0 Å². The van der Waals surface area contributed by atoms with Gasteiger partial charge < -0.3 is 10.2 Å². The highest BCUT2D eigenvalue weighted by Gasteiger charge is 2.15. The number of aromatic nitrogens is 2. The number of sulfonamides is 1. The van der Waals surface area contributed by atoms with E-state index in [0.717, 1.165) is 19.5 Å². The number of nitrogens with zero attached hydrogens (tertiary/aromatic N) is 3. The van der Waals surface area contributed by atoms with Crippen LogP contribution < -0.4 is 10.0 Å². The van der Waals surface area contributed by atoms with Crippen molar-refractivity contribution in [3.05, 3.63) is 12.4 Å². The van der Waals surface area contributed by atoms with Crippen molar-refractivity contribution in [1.29, 1.82) is 0 Å². The van der Waals surface area contributed by atoms with Crippen molar-refractivity contribution < 1.29 is 8.42 Å². The molecule has 1 rings (SSSR count). The zero-order chi connectivity index (χ0) is 15.0. The molecular formula is C12H25N5O2S. The monoisotopic (exact) mass is 303 g/mol. The minimum absolute atomic E-state index is 0.223. The maximum atomic E-state index is 12.0. The van der Waals surface area contributed by atoms with Crippen LogP contribution in [0.2, 0.25) is 0 Å². The smallest absolute Gasteiger partial charge is 0.243 e. The average Bonchev–Trinajstić information content (AvgIpc) is 2.88. The molecule has 0 bridgehead atoms. The first-order chi connectivity index (χ1) is 9.49. The number of aryl methyl sites for hydroxylation is 1. The van der Waals surface area contributed by atoms with E-state index < -0.39 is 10.0 Å². The van der Waals surface area contributed by atoms with E-state index in [-0.39, 0.29) is 4.90 Å². The zero-order valence-electron chi connectivity index (χ0n) is 12.5. The highest BCUT2D eigenvalue weighted by atomic mass is 32.2. The van der Waals surface area contributed by atoms with Gasteiger partial charge in [0.15, 0.2) is 0 Å². The molecule has 1 aromatic heterocycles. The molecule has 8 heteroatoms. The van der Waals surface area contributed by atoms with E-state index in [2.05, 4.69) is 15.1 Å². The summed E-state index contributed by atoms with van der Waals surface area (Å²) in [6, 6.07) is 0. The van der Waals surface area contributed by atoms with Crippen molar-refractivity contribution in [2.24, 2.45) is 0 Å². The summed E-state index contributed by atoms with van der Waals surface area (Å²) in [5.41, 5.74) is 0. The molecule has 0 aliphatic heterocycles. The van der Waals surface area contributed by atoms with Crippen molar-refractivity contribution in [3.63, 3.8) is 0 Å². The fourth-order valence-electron chi connectivity index (χ4n) is 1.64. The van der Waals surface area contributed by atoms with Crippen molar-refractivity contribution in [1.82, 2.24) is 24.7 Å². The molecular weight excluding hydrogens is 278 g/mol. The molecule has 0 saturated carbocycles. The third kappa shape index (κ3) is 5.58. The van der Waals surface area contributed by atoms with Crippen molar-refractivity contribution >= 4 is 10.0 Å². The maximum absolute atomic E-state index is 12.0. The largest absolute Gasteiger partial charge is 0.320 e. The van der Waals surface area contributed by atoms with Gasteiger partial charge in [-0.15, -0.1) is 0 Å². The molecule has 0 saturated heterocycles. The second-order valence-electron chi connectivity index (χ2n) is 4.69. The number of hydrogen-bond acceptors (Lipinski definition) is 5. The van der Waals surface area contributed by atoms with Crippen LogP contribution in [0.1, 0.15) is 13.3 Å². The molecule has 1 aromatic rings. The molecule has 7 nitrogen and oxygen atoms in total. The van der Waals surface area contributed by atoms with Gasteiger partial charge in [-0.1, -0.05) is 6.92 Å². The fourth-order valence-corrected chi connectivity index (χ4v) is 2.61. The van der Waals surface area contributed by atoms with Crippen LogP contribution in [-0.4, -0.2) is 63.4 Å². The molecule has 0 spiro atoms. The van der Waals surface area contributed by atoms with Gasteiger partial charge in [-0.25, -0.2) is 13.1 Å². The zero-order valence-corrected chi connectivity index (χ0v) is 13.3. The Bertz CT molecular complexity index is 486. The summed E-state index contributed by atoms with van der Waals surface area (Å²) in [7, 11) is 0.388. The summed E-state index contributed by atoms with van der Waals surface area (Å²) in [6.45, 7) is 5.59. The molecule has 1 heterocycles. The Morgan fingerprint density at radius 2 is 2.15 bits per heavy atom.